The fraction of sp³-hybridized carbons (Fsp3) is 0.400. The van der Waals surface area contributed by atoms with E-state index in [9.17, 15) is 0 Å². The molecule has 0 aliphatic heterocycles. The van der Waals surface area contributed by atoms with Crippen LogP contribution in [-0.4, -0.2) is 4.98 Å². The van der Waals surface area contributed by atoms with Crippen molar-refractivity contribution in [1.82, 2.24) is 4.98 Å². The van der Waals surface area contributed by atoms with Crippen molar-refractivity contribution in [2.24, 2.45) is 0 Å². The molecule has 0 N–H and O–H groups in total. The van der Waals surface area contributed by atoms with Crippen molar-refractivity contribution in [2.75, 3.05) is 0 Å². The summed E-state index contributed by atoms with van der Waals surface area (Å²) in [4.78, 5) is 4.77. The summed E-state index contributed by atoms with van der Waals surface area (Å²) in [5, 5.41) is 3.53. The van der Waals surface area contributed by atoms with Gasteiger partial charge in [-0.2, -0.15) is 0 Å². The Hall–Kier alpha value is -1.15. The van der Waals surface area contributed by atoms with Gasteiger partial charge in [-0.25, -0.2) is 4.98 Å². The van der Waals surface area contributed by atoms with Crippen LogP contribution in [0.25, 0.3) is 0 Å². The average Bonchev–Trinajstić information content (AvgIpc) is 2.87. The van der Waals surface area contributed by atoms with Gasteiger partial charge < -0.3 is 0 Å². The highest BCUT2D eigenvalue weighted by molar-refractivity contribution is 7.09. The molecule has 1 aromatic heterocycles. The van der Waals surface area contributed by atoms with Crippen LogP contribution < -0.4 is 0 Å². The summed E-state index contributed by atoms with van der Waals surface area (Å²) >= 11 is 1.83. The average molecular weight is 243 g/mol. The third-order valence-electron chi connectivity index (χ3n) is 3.60. The van der Waals surface area contributed by atoms with Crippen molar-refractivity contribution >= 4 is 11.3 Å². The van der Waals surface area contributed by atoms with Crippen molar-refractivity contribution in [1.29, 1.82) is 0 Å². The second-order valence-corrected chi connectivity index (χ2v) is 5.56. The number of hydrogen-bond acceptors (Lipinski definition) is 2. The number of hydrogen-bond donors (Lipinski definition) is 0. The quantitative estimate of drug-likeness (QED) is 0.771. The monoisotopic (exact) mass is 243 g/mol. The Kier molecular flexibility index (Phi) is 2.98. The standard InChI is InChI=1S/C15H17NS/c1-2-12-10-17-15(16-12)14-9-5-7-11-6-3-4-8-13(11)14/h3-4,6,8,10,14H,2,5,7,9H2,1H3. The molecule has 0 spiro atoms. The first-order chi connectivity index (χ1) is 8.38. The maximum Gasteiger partial charge on any atom is 0.100 e. The van der Waals surface area contributed by atoms with Crippen LogP contribution in [0.3, 0.4) is 0 Å². The molecule has 1 aliphatic rings. The molecule has 0 saturated carbocycles. The third-order valence-corrected chi connectivity index (χ3v) is 4.61. The van der Waals surface area contributed by atoms with Crippen molar-refractivity contribution in [3.8, 4) is 0 Å². The molecule has 88 valence electrons. The van der Waals surface area contributed by atoms with E-state index < -0.39 is 0 Å². The summed E-state index contributed by atoms with van der Waals surface area (Å²) in [5.41, 5.74) is 4.28. The van der Waals surface area contributed by atoms with Gasteiger partial charge in [0.2, 0.25) is 0 Å². The van der Waals surface area contributed by atoms with E-state index in [2.05, 4.69) is 36.6 Å². The Balaban J connectivity index is 1.99. The second-order valence-electron chi connectivity index (χ2n) is 4.67. The zero-order chi connectivity index (χ0) is 11.7. The Morgan fingerprint density at radius 1 is 1.35 bits per heavy atom. The molecule has 0 radical (unpaired) electrons. The summed E-state index contributed by atoms with van der Waals surface area (Å²) in [7, 11) is 0. The largest absolute Gasteiger partial charge is 0.246 e. The first-order valence-corrected chi connectivity index (χ1v) is 7.28. The number of benzene rings is 1. The molecule has 1 heterocycles. The molecule has 1 nitrogen and oxygen atoms in total. The van der Waals surface area contributed by atoms with E-state index in [1.165, 1.54) is 41.1 Å². The van der Waals surface area contributed by atoms with Gasteiger partial charge in [0, 0.05) is 11.3 Å². The van der Waals surface area contributed by atoms with Crippen LogP contribution in [0.4, 0.5) is 0 Å². The van der Waals surface area contributed by atoms with Crippen LogP contribution in [0.2, 0.25) is 0 Å². The normalized spacial score (nSPS) is 19.0. The van der Waals surface area contributed by atoms with Crippen LogP contribution >= 0.6 is 11.3 Å². The van der Waals surface area contributed by atoms with Gasteiger partial charge in [-0.05, 0) is 36.8 Å². The topological polar surface area (TPSA) is 12.9 Å². The third kappa shape index (κ3) is 2.02. The van der Waals surface area contributed by atoms with Crippen molar-refractivity contribution < 1.29 is 0 Å². The first-order valence-electron chi connectivity index (χ1n) is 6.40. The molecular formula is C15H17NS. The number of fused-ring (bicyclic) bond motifs is 1. The SMILES string of the molecule is CCc1csc(C2CCCc3ccccc32)n1. The molecule has 1 atom stereocenters. The molecule has 2 aromatic rings. The smallest absolute Gasteiger partial charge is 0.100 e. The van der Waals surface area contributed by atoms with E-state index in [-0.39, 0.29) is 0 Å². The molecule has 1 unspecified atom stereocenters. The fourth-order valence-corrected chi connectivity index (χ4v) is 3.71. The van der Waals surface area contributed by atoms with E-state index in [0.717, 1.165) is 6.42 Å². The Bertz CT molecular complexity index is 515. The summed E-state index contributed by atoms with van der Waals surface area (Å²) in [6.45, 7) is 2.17. The molecule has 0 bridgehead atoms. The van der Waals surface area contributed by atoms with Gasteiger partial charge in [0.1, 0.15) is 5.01 Å². The zero-order valence-corrected chi connectivity index (χ0v) is 11.0. The van der Waals surface area contributed by atoms with Crippen LogP contribution in [0.5, 0.6) is 0 Å². The lowest BCUT2D eigenvalue weighted by Crippen LogP contribution is -2.10. The number of rotatable bonds is 2. The van der Waals surface area contributed by atoms with E-state index in [1.807, 2.05) is 11.3 Å². The zero-order valence-electron chi connectivity index (χ0n) is 10.1. The second kappa shape index (κ2) is 4.61. The minimum Gasteiger partial charge on any atom is -0.246 e. The Morgan fingerprint density at radius 2 is 2.24 bits per heavy atom. The molecule has 0 fully saturated rings. The lowest BCUT2D eigenvalue weighted by Gasteiger charge is -2.23. The van der Waals surface area contributed by atoms with Gasteiger partial charge in [0.25, 0.3) is 0 Å². The van der Waals surface area contributed by atoms with Gasteiger partial charge >= 0.3 is 0 Å². The van der Waals surface area contributed by atoms with Crippen LogP contribution in [-0.2, 0) is 12.8 Å². The lowest BCUT2D eigenvalue weighted by atomic mass is 9.83. The Labute approximate surface area is 107 Å². The number of thiazole rings is 1. The fourth-order valence-electron chi connectivity index (χ4n) is 2.66. The minimum absolute atomic E-state index is 0.547. The molecule has 3 rings (SSSR count). The lowest BCUT2D eigenvalue weighted by molar-refractivity contribution is 0.612. The van der Waals surface area contributed by atoms with Gasteiger partial charge in [-0.3, -0.25) is 0 Å². The summed E-state index contributed by atoms with van der Waals surface area (Å²) < 4.78 is 0. The van der Waals surface area contributed by atoms with Gasteiger partial charge in [0.15, 0.2) is 0 Å². The van der Waals surface area contributed by atoms with Gasteiger partial charge in [0.05, 0.1) is 5.69 Å². The summed E-state index contributed by atoms with van der Waals surface area (Å²) in [6, 6.07) is 8.87. The molecule has 0 amide bonds. The molecule has 0 saturated heterocycles. The molecular weight excluding hydrogens is 226 g/mol. The predicted molar refractivity (Wildman–Crippen MR) is 72.7 cm³/mol. The highest BCUT2D eigenvalue weighted by Gasteiger charge is 2.23. The van der Waals surface area contributed by atoms with E-state index in [0.29, 0.717) is 5.92 Å². The highest BCUT2D eigenvalue weighted by atomic mass is 32.1. The van der Waals surface area contributed by atoms with Crippen molar-refractivity contribution in [2.45, 2.75) is 38.5 Å². The number of nitrogens with zero attached hydrogens (tertiary/aromatic N) is 1. The van der Waals surface area contributed by atoms with Crippen LogP contribution in [0, 0.1) is 0 Å². The van der Waals surface area contributed by atoms with Gasteiger partial charge in [-0.1, -0.05) is 31.2 Å². The Morgan fingerprint density at radius 3 is 3.06 bits per heavy atom. The van der Waals surface area contributed by atoms with E-state index in [4.69, 9.17) is 4.98 Å². The summed E-state index contributed by atoms with van der Waals surface area (Å²) in [5.74, 6) is 0.547. The molecule has 2 heteroatoms. The number of aryl methyl sites for hydroxylation is 2. The van der Waals surface area contributed by atoms with E-state index >= 15 is 0 Å². The van der Waals surface area contributed by atoms with Crippen molar-refractivity contribution in [3.63, 3.8) is 0 Å². The maximum absolute atomic E-state index is 4.77. The van der Waals surface area contributed by atoms with E-state index in [1.54, 1.807) is 0 Å². The number of aromatic nitrogens is 1. The van der Waals surface area contributed by atoms with Crippen molar-refractivity contribution in [3.05, 3.63) is 51.5 Å². The molecule has 1 aromatic carbocycles. The summed E-state index contributed by atoms with van der Waals surface area (Å²) in [6.07, 6.45) is 4.83. The molecule has 17 heavy (non-hydrogen) atoms. The van der Waals surface area contributed by atoms with Crippen LogP contribution in [0.15, 0.2) is 29.6 Å². The highest BCUT2D eigenvalue weighted by Crippen LogP contribution is 2.37. The van der Waals surface area contributed by atoms with Crippen LogP contribution in [0.1, 0.15) is 47.5 Å². The first kappa shape index (κ1) is 11.0. The maximum atomic E-state index is 4.77. The minimum atomic E-state index is 0.547. The molecule has 1 aliphatic carbocycles. The predicted octanol–water partition coefficient (Wildman–Crippen LogP) is 4.17. The van der Waals surface area contributed by atoms with Gasteiger partial charge in [-0.15, -0.1) is 11.3 Å².